The molecule has 0 bridgehead atoms. The molecule has 106 valence electrons. The molecule has 1 unspecified atom stereocenters. The number of halogens is 1. The first-order chi connectivity index (χ1) is 8.85. The van der Waals surface area contributed by atoms with Gasteiger partial charge in [0.1, 0.15) is 23.1 Å². The van der Waals surface area contributed by atoms with Crippen LogP contribution >= 0.6 is 15.9 Å². The van der Waals surface area contributed by atoms with Crippen LogP contribution in [0.15, 0.2) is 16.6 Å². The van der Waals surface area contributed by atoms with E-state index in [9.17, 15) is 8.42 Å². The summed E-state index contributed by atoms with van der Waals surface area (Å²) >= 11 is 3.44. The third-order valence-corrected chi connectivity index (χ3v) is 4.35. The largest absolute Gasteiger partial charge is 0.486 e. The topological polar surface area (TPSA) is 64.6 Å². The average Bonchev–Trinajstić information content (AvgIpc) is 2.27. The highest BCUT2D eigenvalue weighted by atomic mass is 79.9. The maximum Gasteiger partial charge on any atom is 0.163 e. The smallest absolute Gasteiger partial charge is 0.163 e. The SMILES string of the molecule is CC(CS(C)(=O)=O)Nc1cc2c(cc1Br)OCCO2. The molecule has 0 saturated carbocycles. The van der Waals surface area contributed by atoms with Crippen LogP contribution in [0.2, 0.25) is 0 Å². The molecule has 0 aliphatic carbocycles. The quantitative estimate of drug-likeness (QED) is 0.901. The molecule has 7 heteroatoms. The molecular weight excluding hydrogens is 334 g/mol. The van der Waals surface area contributed by atoms with Crippen molar-refractivity contribution >= 4 is 31.5 Å². The molecule has 5 nitrogen and oxygen atoms in total. The van der Waals surface area contributed by atoms with Crippen molar-refractivity contribution in [2.75, 3.05) is 30.5 Å². The van der Waals surface area contributed by atoms with Gasteiger partial charge in [-0.05, 0) is 22.9 Å². The zero-order valence-corrected chi connectivity index (χ0v) is 13.2. The second kappa shape index (κ2) is 5.58. The van der Waals surface area contributed by atoms with Crippen LogP contribution in [-0.2, 0) is 9.84 Å². The first kappa shape index (κ1) is 14.5. The minimum atomic E-state index is -3.01. The van der Waals surface area contributed by atoms with Crippen LogP contribution in [0.25, 0.3) is 0 Å². The van der Waals surface area contributed by atoms with Gasteiger partial charge in [0, 0.05) is 28.9 Å². The molecule has 1 aromatic rings. The third kappa shape index (κ3) is 4.01. The summed E-state index contributed by atoms with van der Waals surface area (Å²) in [6.07, 6.45) is 1.23. The number of anilines is 1. The Morgan fingerprint density at radius 1 is 1.32 bits per heavy atom. The molecule has 19 heavy (non-hydrogen) atoms. The fourth-order valence-electron chi connectivity index (χ4n) is 1.94. The van der Waals surface area contributed by atoms with Crippen molar-refractivity contribution < 1.29 is 17.9 Å². The summed E-state index contributed by atoms with van der Waals surface area (Å²) in [4.78, 5) is 0. The van der Waals surface area contributed by atoms with Crippen LogP contribution in [0.4, 0.5) is 5.69 Å². The minimum Gasteiger partial charge on any atom is -0.486 e. The molecule has 1 atom stereocenters. The highest BCUT2D eigenvalue weighted by Gasteiger charge is 2.17. The number of rotatable bonds is 4. The van der Waals surface area contributed by atoms with Gasteiger partial charge in [-0.3, -0.25) is 0 Å². The number of nitrogens with one attached hydrogen (secondary N) is 1. The van der Waals surface area contributed by atoms with Gasteiger partial charge in [-0.25, -0.2) is 8.42 Å². The van der Waals surface area contributed by atoms with E-state index in [-0.39, 0.29) is 11.8 Å². The Hall–Kier alpha value is -0.950. The van der Waals surface area contributed by atoms with Crippen LogP contribution < -0.4 is 14.8 Å². The predicted molar refractivity (Wildman–Crippen MR) is 77.9 cm³/mol. The van der Waals surface area contributed by atoms with E-state index in [0.29, 0.717) is 24.7 Å². The van der Waals surface area contributed by atoms with Gasteiger partial charge < -0.3 is 14.8 Å². The second-order valence-corrected chi connectivity index (χ2v) is 7.65. The molecule has 0 spiro atoms. The molecule has 0 radical (unpaired) electrons. The fourth-order valence-corrected chi connectivity index (χ4v) is 3.36. The van der Waals surface area contributed by atoms with Crippen molar-refractivity contribution in [1.82, 2.24) is 0 Å². The molecule has 0 amide bonds. The summed E-state index contributed by atoms with van der Waals surface area (Å²) in [5.41, 5.74) is 0.792. The number of sulfone groups is 1. The standard InChI is InChI=1S/C12H16BrNO4S/c1-8(7-19(2,15)16)14-10-6-12-11(5-9(10)13)17-3-4-18-12/h5-6,8,14H,3-4,7H2,1-2H3. The average molecular weight is 350 g/mol. The van der Waals surface area contributed by atoms with Crippen LogP contribution in [0, 0.1) is 0 Å². The summed E-state index contributed by atoms with van der Waals surface area (Å²) in [6, 6.07) is 3.45. The Bertz CT molecular complexity index is 573. The van der Waals surface area contributed by atoms with E-state index in [2.05, 4.69) is 21.2 Å². The first-order valence-corrected chi connectivity index (χ1v) is 8.74. The minimum absolute atomic E-state index is 0.0773. The van der Waals surface area contributed by atoms with Crippen molar-refractivity contribution in [3.8, 4) is 11.5 Å². The van der Waals surface area contributed by atoms with Gasteiger partial charge in [0.05, 0.1) is 11.4 Å². The van der Waals surface area contributed by atoms with Crippen LogP contribution in [0.1, 0.15) is 6.92 Å². The van der Waals surface area contributed by atoms with Crippen LogP contribution in [0.3, 0.4) is 0 Å². The monoisotopic (exact) mass is 349 g/mol. The Morgan fingerprint density at radius 2 is 1.89 bits per heavy atom. The van der Waals surface area contributed by atoms with Crippen molar-refractivity contribution in [1.29, 1.82) is 0 Å². The molecule has 2 rings (SSSR count). The molecule has 0 saturated heterocycles. The van der Waals surface area contributed by atoms with Crippen LogP contribution in [0.5, 0.6) is 11.5 Å². The molecule has 1 heterocycles. The zero-order valence-electron chi connectivity index (χ0n) is 10.8. The van der Waals surface area contributed by atoms with Crippen molar-refractivity contribution in [2.45, 2.75) is 13.0 Å². The van der Waals surface area contributed by atoms with E-state index < -0.39 is 9.84 Å². The van der Waals surface area contributed by atoms with E-state index in [4.69, 9.17) is 9.47 Å². The van der Waals surface area contributed by atoms with E-state index >= 15 is 0 Å². The third-order valence-electron chi connectivity index (χ3n) is 2.59. The predicted octanol–water partition coefficient (Wildman–Crippen LogP) is 2.07. The lowest BCUT2D eigenvalue weighted by Crippen LogP contribution is -2.25. The van der Waals surface area contributed by atoms with Crippen molar-refractivity contribution in [3.63, 3.8) is 0 Å². The Morgan fingerprint density at radius 3 is 2.47 bits per heavy atom. The molecule has 1 aromatic carbocycles. The summed E-state index contributed by atoms with van der Waals surface area (Å²) < 4.78 is 34.3. The molecule has 1 aliphatic rings. The molecule has 1 N–H and O–H groups in total. The Kier molecular flexibility index (Phi) is 4.25. The van der Waals surface area contributed by atoms with Crippen molar-refractivity contribution in [3.05, 3.63) is 16.6 Å². The summed E-state index contributed by atoms with van der Waals surface area (Å²) in [5.74, 6) is 1.44. The normalized spacial score (nSPS) is 15.9. The van der Waals surface area contributed by atoms with Gasteiger partial charge in [-0.15, -0.1) is 0 Å². The number of benzene rings is 1. The summed E-state index contributed by atoms with van der Waals surface area (Å²) in [7, 11) is -3.01. The second-order valence-electron chi connectivity index (χ2n) is 4.61. The summed E-state index contributed by atoms with van der Waals surface area (Å²) in [6.45, 7) is 2.88. The highest BCUT2D eigenvalue weighted by Crippen LogP contribution is 2.38. The van der Waals surface area contributed by atoms with Gasteiger partial charge in [-0.2, -0.15) is 0 Å². The van der Waals surface area contributed by atoms with Gasteiger partial charge >= 0.3 is 0 Å². The summed E-state index contributed by atoms with van der Waals surface area (Å²) in [5, 5.41) is 3.16. The Balaban J connectivity index is 2.16. The maximum atomic E-state index is 11.3. The maximum absolute atomic E-state index is 11.3. The highest BCUT2D eigenvalue weighted by molar-refractivity contribution is 9.10. The Labute approximate surface area is 121 Å². The van der Waals surface area contributed by atoms with Gasteiger partial charge in [0.2, 0.25) is 0 Å². The van der Waals surface area contributed by atoms with E-state index in [1.807, 2.05) is 19.1 Å². The molecule has 0 aromatic heterocycles. The van der Waals surface area contributed by atoms with Gasteiger partial charge in [0.15, 0.2) is 11.5 Å². The van der Waals surface area contributed by atoms with Crippen molar-refractivity contribution in [2.24, 2.45) is 0 Å². The number of hydrogen-bond donors (Lipinski definition) is 1. The van der Waals surface area contributed by atoms with Crippen LogP contribution in [-0.4, -0.2) is 39.7 Å². The lowest BCUT2D eigenvalue weighted by atomic mass is 10.2. The lowest BCUT2D eigenvalue weighted by molar-refractivity contribution is 0.171. The lowest BCUT2D eigenvalue weighted by Gasteiger charge is -2.22. The fraction of sp³-hybridized carbons (Fsp3) is 0.500. The number of hydrogen-bond acceptors (Lipinski definition) is 5. The number of fused-ring (bicyclic) bond motifs is 1. The van der Waals surface area contributed by atoms with Gasteiger partial charge in [-0.1, -0.05) is 0 Å². The number of ether oxygens (including phenoxy) is 2. The van der Waals surface area contributed by atoms with E-state index in [1.165, 1.54) is 6.26 Å². The van der Waals surface area contributed by atoms with Gasteiger partial charge in [0.25, 0.3) is 0 Å². The van der Waals surface area contributed by atoms with E-state index in [0.717, 1.165) is 10.2 Å². The zero-order chi connectivity index (χ0) is 14.0. The molecule has 0 fully saturated rings. The molecule has 1 aliphatic heterocycles. The first-order valence-electron chi connectivity index (χ1n) is 5.88. The molecular formula is C12H16BrNO4S. The van der Waals surface area contributed by atoms with E-state index in [1.54, 1.807) is 0 Å².